The summed E-state index contributed by atoms with van der Waals surface area (Å²) >= 11 is 0. The Labute approximate surface area is 149 Å². The van der Waals surface area contributed by atoms with Crippen molar-refractivity contribution >= 4 is 22.7 Å². The number of hydrogen-bond donors (Lipinski definition) is 1. The van der Waals surface area contributed by atoms with Crippen molar-refractivity contribution in [3.8, 4) is 11.3 Å². The monoisotopic (exact) mass is 345 g/mol. The fraction of sp³-hybridized carbons (Fsp3) is 0.105. The Morgan fingerprint density at radius 2 is 2.00 bits per heavy atom. The van der Waals surface area contributed by atoms with Gasteiger partial charge in [0.15, 0.2) is 0 Å². The number of aryl methyl sites for hydroxylation is 2. The van der Waals surface area contributed by atoms with Crippen LogP contribution in [-0.4, -0.2) is 26.0 Å². The van der Waals surface area contributed by atoms with Gasteiger partial charge in [-0.3, -0.25) is 4.79 Å². The zero-order valence-electron chi connectivity index (χ0n) is 14.2. The van der Waals surface area contributed by atoms with Gasteiger partial charge in [-0.2, -0.15) is 0 Å². The molecule has 0 radical (unpaired) electrons. The Hall–Kier alpha value is -3.61. The second-order valence-electron chi connectivity index (χ2n) is 5.87. The van der Waals surface area contributed by atoms with Crippen LogP contribution < -0.4 is 5.32 Å². The van der Waals surface area contributed by atoms with Gasteiger partial charge in [-0.25, -0.2) is 15.0 Å². The second-order valence-corrected chi connectivity index (χ2v) is 5.87. The lowest BCUT2D eigenvalue weighted by Gasteiger charge is -2.07. The molecule has 0 aliphatic heterocycles. The summed E-state index contributed by atoms with van der Waals surface area (Å²) in [7, 11) is 0. The van der Waals surface area contributed by atoms with E-state index >= 15 is 0 Å². The number of benzene rings is 1. The number of carbonyl (C=O) groups excluding carboxylic acids is 1. The number of fused-ring (bicyclic) bond motifs is 1. The third-order valence-corrected chi connectivity index (χ3v) is 3.96. The minimum atomic E-state index is -0.254. The second kappa shape index (κ2) is 6.36. The largest absolute Gasteiger partial charge is 0.336 e. The maximum atomic E-state index is 12.6. The average Bonchev–Trinajstić information content (AvgIpc) is 3.02. The fourth-order valence-corrected chi connectivity index (χ4v) is 2.65. The zero-order valence-corrected chi connectivity index (χ0v) is 14.2. The van der Waals surface area contributed by atoms with E-state index in [0.717, 1.165) is 16.6 Å². The van der Waals surface area contributed by atoms with E-state index in [2.05, 4.69) is 25.4 Å². The van der Waals surface area contributed by atoms with E-state index in [-0.39, 0.29) is 5.91 Å². The molecule has 3 heterocycles. The number of anilines is 1. The summed E-state index contributed by atoms with van der Waals surface area (Å²) in [4.78, 5) is 25.2. The number of pyridine rings is 1. The summed E-state index contributed by atoms with van der Waals surface area (Å²) in [6, 6.07) is 11.1. The lowest BCUT2D eigenvalue weighted by Crippen LogP contribution is -2.12. The first-order chi connectivity index (χ1) is 12.6. The van der Waals surface area contributed by atoms with E-state index < -0.39 is 0 Å². The first-order valence-electron chi connectivity index (χ1n) is 8.03. The van der Waals surface area contributed by atoms with Gasteiger partial charge in [0.05, 0.1) is 22.3 Å². The molecular formula is C19H15N5O2. The number of hydrogen-bond acceptors (Lipinski definition) is 6. The average molecular weight is 345 g/mol. The molecule has 0 bridgehead atoms. The lowest BCUT2D eigenvalue weighted by atomic mass is 10.1. The van der Waals surface area contributed by atoms with Gasteiger partial charge in [0.2, 0.25) is 0 Å². The molecule has 0 unspecified atom stereocenters. The van der Waals surface area contributed by atoms with Crippen molar-refractivity contribution in [2.45, 2.75) is 13.8 Å². The van der Waals surface area contributed by atoms with Crippen molar-refractivity contribution in [3.05, 3.63) is 65.9 Å². The van der Waals surface area contributed by atoms with Crippen LogP contribution in [0.15, 0.2) is 53.3 Å². The van der Waals surface area contributed by atoms with Crippen LogP contribution in [-0.2, 0) is 0 Å². The predicted molar refractivity (Wildman–Crippen MR) is 96.7 cm³/mol. The van der Waals surface area contributed by atoms with E-state index in [1.165, 1.54) is 6.20 Å². The molecule has 1 aromatic carbocycles. The number of nitrogens with one attached hydrogen (secondary N) is 1. The maximum Gasteiger partial charge on any atom is 0.257 e. The van der Waals surface area contributed by atoms with E-state index in [0.29, 0.717) is 28.5 Å². The number of rotatable bonds is 3. The lowest BCUT2D eigenvalue weighted by molar-refractivity contribution is 0.102. The van der Waals surface area contributed by atoms with E-state index in [1.54, 1.807) is 12.3 Å². The minimum absolute atomic E-state index is 0.254. The molecule has 26 heavy (non-hydrogen) atoms. The van der Waals surface area contributed by atoms with Crippen molar-refractivity contribution in [2.24, 2.45) is 0 Å². The van der Waals surface area contributed by atoms with E-state index in [1.807, 2.05) is 44.2 Å². The van der Waals surface area contributed by atoms with Crippen LogP contribution in [0.2, 0.25) is 0 Å². The minimum Gasteiger partial charge on any atom is -0.336 e. The van der Waals surface area contributed by atoms with Crippen LogP contribution >= 0.6 is 0 Å². The molecule has 0 spiro atoms. The summed E-state index contributed by atoms with van der Waals surface area (Å²) in [6.07, 6.45) is 3.19. The molecule has 0 atom stereocenters. The van der Waals surface area contributed by atoms with Crippen molar-refractivity contribution in [3.63, 3.8) is 0 Å². The van der Waals surface area contributed by atoms with Crippen LogP contribution in [0.5, 0.6) is 0 Å². The van der Waals surface area contributed by atoms with Crippen LogP contribution in [0.4, 0.5) is 5.69 Å². The Morgan fingerprint density at radius 3 is 2.85 bits per heavy atom. The highest BCUT2D eigenvalue weighted by Crippen LogP contribution is 2.22. The van der Waals surface area contributed by atoms with Crippen LogP contribution in [0, 0.1) is 13.8 Å². The SMILES string of the molecule is Cc1nccc(-c2cccc(NC(=O)c3cnc4onc(C)c4c3)c2)n1. The molecule has 0 aliphatic rings. The van der Waals surface area contributed by atoms with E-state index in [9.17, 15) is 4.79 Å². The molecule has 1 N–H and O–H groups in total. The standard InChI is InChI=1S/C19H15N5O2/c1-11-16-9-14(10-21-19(16)26-24-11)18(25)23-15-5-3-4-13(8-15)17-6-7-20-12(2)22-17/h3-10H,1-2H3,(H,23,25). The number of carbonyl (C=O) groups is 1. The number of aromatic nitrogens is 4. The van der Waals surface area contributed by atoms with Gasteiger partial charge in [-0.05, 0) is 38.1 Å². The Kier molecular flexibility index (Phi) is 3.89. The Balaban J connectivity index is 1.61. The topological polar surface area (TPSA) is 93.8 Å². The van der Waals surface area contributed by atoms with Crippen LogP contribution in [0.3, 0.4) is 0 Å². The maximum absolute atomic E-state index is 12.6. The molecule has 1 amide bonds. The molecule has 4 aromatic rings. The number of nitrogens with zero attached hydrogens (tertiary/aromatic N) is 4. The highest BCUT2D eigenvalue weighted by atomic mass is 16.5. The molecule has 0 saturated heterocycles. The molecule has 7 nitrogen and oxygen atoms in total. The molecule has 0 saturated carbocycles. The van der Waals surface area contributed by atoms with Gasteiger partial charge in [-0.1, -0.05) is 17.3 Å². The van der Waals surface area contributed by atoms with E-state index in [4.69, 9.17) is 4.52 Å². The third kappa shape index (κ3) is 3.02. The third-order valence-electron chi connectivity index (χ3n) is 3.96. The molecule has 3 aromatic heterocycles. The molecule has 0 fully saturated rings. The molecule has 4 rings (SSSR count). The van der Waals surface area contributed by atoms with Gasteiger partial charge < -0.3 is 9.84 Å². The summed E-state index contributed by atoms with van der Waals surface area (Å²) in [5.41, 5.74) is 3.93. The summed E-state index contributed by atoms with van der Waals surface area (Å²) < 4.78 is 5.07. The van der Waals surface area contributed by atoms with Gasteiger partial charge >= 0.3 is 0 Å². The first-order valence-corrected chi connectivity index (χ1v) is 8.03. The summed E-state index contributed by atoms with van der Waals surface area (Å²) in [6.45, 7) is 3.65. The summed E-state index contributed by atoms with van der Waals surface area (Å²) in [5, 5.41) is 7.46. The summed E-state index contributed by atoms with van der Waals surface area (Å²) in [5.74, 6) is 0.441. The van der Waals surface area contributed by atoms with Crippen molar-refractivity contribution in [1.29, 1.82) is 0 Å². The molecule has 7 heteroatoms. The normalized spacial score (nSPS) is 10.8. The highest BCUT2D eigenvalue weighted by Gasteiger charge is 2.12. The zero-order chi connectivity index (χ0) is 18.1. The molecule has 128 valence electrons. The smallest absolute Gasteiger partial charge is 0.257 e. The van der Waals surface area contributed by atoms with Gasteiger partial charge in [0.25, 0.3) is 11.6 Å². The molecular weight excluding hydrogens is 330 g/mol. The number of amides is 1. The first kappa shape index (κ1) is 15.9. The van der Waals surface area contributed by atoms with Crippen molar-refractivity contribution in [2.75, 3.05) is 5.32 Å². The van der Waals surface area contributed by atoms with Gasteiger partial charge in [-0.15, -0.1) is 0 Å². The van der Waals surface area contributed by atoms with Crippen LogP contribution in [0.1, 0.15) is 21.9 Å². The Morgan fingerprint density at radius 1 is 1.12 bits per heavy atom. The van der Waals surface area contributed by atoms with Crippen molar-refractivity contribution in [1.82, 2.24) is 20.1 Å². The van der Waals surface area contributed by atoms with Crippen molar-refractivity contribution < 1.29 is 9.32 Å². The highest BCUT2D eigenvalue weighted by molar-refractivity contribution is 6.05. The fourth-order valence-electron chi connectivity index (χ4n) is 2.65. The Bertz CT molecular complexity index is 1120. The molecule has 0 aliphatic carbocycles. The predicted octanol–water partition coefficient (Wildman–Crippen LogP) is 3.55. The van der Waals surface area contributed by atoms with Gasteiger partial charge in [0.1, 0.15) is 5.82 Å². The quantitative estimate of drug-likeness (QED) is 0.610. The van der Waals surface area contributed by atoms with Gasteiger partial charge in [0, 0.05) is 23.6 Å². The van der Waals surface area contributed by atoms with Crippen LogP contribution in [0.25, 0.3) is 22.4 Å².